The molecule has 1 N–H and O–H groups in total. The van der Waals surface area contributed by atoms with E-state index in [0.29, 0.717) is 39.6 Å². The molecule has 0 saturated heterocycles. The largest absolute Gasteiger partial charge is 0.490 e. The van der Waals surface area contributed by atoms with Crippen molar-refractivity contribution in [2.45, 2.75) is 26.7 Å². The first-order valence-electron chi connectivity index (χ1n) is 11.0. The number of amides is 1. The Morgan fingerprint density at radius 3 is 2.53 bits per heavy atom. The average Bonchev–Trinajstić information content (AvgIpc) is 3.31. The highest BCUT2D eigenvalue weighted by atomic mass is 35.5. The van der Waals surface area contributed by atoms with E-state index in [1.807, 2.05) is 39.0 Å². The third-order valence-electron chi connectivity index (χ3n) is 4.59. The molecular formula is C25H24Cl2N4O4S. The molecule has 3 rings (SSSR count). The Balaban J connectivity index is 1.72. The van der Waals surface area contributed by atoms with Gasteiger partial charge in [0, 0.05) is 5.92 Å². The number of nitriles is 1. The van der Waals surface area contributed by atoms with Gasteiger partial charge < -0.3 is 14.2 Å². The van der Waals surface area contributed by atoms with E-state index >= 15 is 0 Å². The number of aromatic nitrogens is 2. The molecule has 8 nitrogen and oxygen atoms in total. The van der Waals surface area contributed by atoms with E-state index in [9.17, 15) is 10.1 Å². The second-order valence-corrected chi connectivity index (χ2v) is 9.44. The standard InChI is InChI=1S/C25H24Cl2N4O4S/c1-4-33-21-13-16(11-17(14-28)23(32)29-25-31-30-24(36-25)15(2)3)12-19(27)22(21)35-10-9-34-20-8-6-5-7-18(20)26/h5-8,11-13,15H,4,9-10H2,1-3H3,(H,29,31,32)/b17-11-. The third-order valence-corrected chi connectivity index (χ3v) is 6.32. The van der Waals surface area contributed by atoms with Gasteiger partial charge in [-0.1, -0.05) is 60.5 Å². The normalized spacial score (nSPS) is 11.2. The molecule has 0 aliphatic rings. The van der Waals surface area contributed by atoms with Crippen molar-refractivity contribution in [2.24, 2.45) is 0 Å². The quantitative estimate of drug-likeness (QED) is 0.169. The summed E-state index contributed by atoms with van der Waals surface area (Å²) >= 11 is 13.8. The molecule has 0 bridgehead atoms. The second kappa shape index (κ2) is 13.1. The number of para-hydroxylation sites is 1. The van der Waals surface area contributed by atoms with Gasteiger partial charge in [-0.3, -0.25) is 10.1 Å². The molecule has 0 unspecified atom stereocenters. The number of carbonyl (C=O) groups excluding carboxylic acids is 1. The number of ether oxygens (including phenoxy) is 3. The first-order valence-corrected chi connectivity index (χ1v) is 12.6. The van der Waals surface area contributed by atoms with Crippen LogP contribution in [0.25, 0.3) is 6.08 Å². The van der Waals surface area contributed by atoms with Crippen molar-refractivity contribution in [2.75, 3.05) is 25.1 Å². The van der Waals surface area contributed by atoms with Gasteiger partial charge in [-0.2, -0.15) is 5.26 Å². The number of carbonyl (C=O) groups is 1. The number of anilines is 1. The Morgan fingerprint density at radius 1 is 1.11 bits per heavy atom. The topological polar surface area (TPSA) is 106 Å². The fourth-order valence-corrected chi connectivity index (χ4v) is 4.13. The Morgan fingerprint density at radius 2 is 1.86 bits per heavy atom. The minimum atomic E-state index is -0.602. The smallest absolute Gasteiger partial charge is 0.268 e. The molecule has 1 heterocycles. The van der Waals surface area contributed by atoms with E-state index in [2.05, 4.69) is 15.5 Å². The molecule has 0 aliphatic heterocycles. The third kappa shape index (κ3) is 7.34. The number of nitrogens with one attached hydrogen (secondary N) is 1. The molecule has 188 valence electrons. The van der Waals surface area contributed by atoms with Gasteiger partial charge in [-0.05, 0) is 42.8 Å². The summed E-state index contributed by atoms with van der Waals surface area (Å²) in [4.78, 5) is 12.6. The van der Waals surface area contributed by atoms with Crippen LogP contribution >= 0.6 is 34.5 Å². The summed E-state index contributed by atoms with van der Waals surface area (Å²) in [6.07, 6.45) is 1.42. The van der Waals surface area contributed by atoms with Crippen LogP contribution in [-0.2, 0) is 4.79 Å². The van der Waals surface area contributed by atoms with Crippen molar-refractivity contribution < 1.29 is 19.0 Å². The molecule has 0 spiro atoms. The van der Waals surface area contributed by atoms with Crippen LogP contribution in [0.1, 0.15) is 37.3 Å². The first kappa shape index (κ1) is 27.3. The van der Waals surface area contributed by atoms with E-state index in [1.165, 1.54) is 17.4 Å². The maximum atomic E-state index is 12.6. The summed E-state index contributed by atoms with van der Waals surface area (Å²) < 4.78 is 17.1. The monoisotopic (exact) mass is 546 g/mol. The summed E-state index contributed by atoms with van der Waals surface area (Å²) in [7, 11) is 0. The van der Waals surface area contributed by atoms with Crippen LogP contribution < -0.4 is 19.5 Å². The molecule has 36 heavy (non-hydrogen) atoms. The van der Waals surface area contributed by atoms with Crippen LogP contribution in [0.3, 0.4) is 0 Å². The van der Waals surface area contributed by atoms with E-state index in [0.717, 1.165) is 5.01 Å². The van der Waals surface area contributed by atoms with Crippen molar-refractivity contribution >= 4 is 51.7 Å². The van der Waals surface area contributed by atoms with E-state index in [1.54, 1.807) is 24.3 Å². The molecule has 1 aromatic heterocycles. The molecule has 0 radical (unpaired) electrons. The van der Waals surface area contributed by atoms with Gasteiger partial charge in [0.15, 0.2) is 11.5 Å². The van der Waals surface area contributed by atoms with Crippen molar-refractivity contribution in [1.82, 2.24) is 10.2 Å². The van der Waals surface area contributed by atoms with Crippen LogP contribution in [0.2, 0.25) is 10.0 Å². The van der Waals surface area contributed by atoms with Crippen molar-refractivity contribution in [3.63, 3.8) is 0 Å². The number of hydrogen-bond acceptors (Lipinski definition) is 8. The molecule has 3 aromatic rings. The van der Waals surface area contributed by atoms with Gasteiger partial charge in [-0.15, -0.1) is 10.2 Å². The lowest BCUT2D eigenvalue weighted by atomic mass is 10.1. The van der Waals surface area contributed by atoms with Crippen LogP contribution in [0.5, 0.6) is 17.2 Å². The highest BCUT2D eigenvalue weighted by Gasteiger charge is 2.17. The zero-order valence-electron chi connectivity index (χ0n) is 19.9. The van der Waals surface area contributed by atoms with Gasteiger partial charge in [0.25, 0.3) is 5.91 Å². The fraction of sp³-hybridized carbons (Fsp3) is 0.280. The summed E-state index contributed by atoms with van der Waals surface area (Å²) in [5.74, 6) is 0.835. The van der Waals surface area contributed by atoms with Gasteiger partial charge in [0.2, 0.25) is 5.13 Å². The lowest BCUT2D eigenvalue weighted by Crippen LogP contribution is -2.13. The zero-order chi connectivity index (χ0) is 26.1. The number of nitrogens with zero attached hydrogens (tertiary/aromatic N) is 3. The predicted molar refractivity (Wildman–Crippen MR) is 141 cm³/mol. The maximum absolute atomic E-state index is 12.6. The summed E-state index contributed by atoms with van der Waals surface area (Å²) in [5.41, 5.74) is 0.367. The maximum Gasteiger partial charge on any atom is 0.268 e. The lowest BCUT2D eigenvalue weighted by molar-refractivity contribution is -0.112. The molecule has 2 aromatic carbocycles. The highest BCUT2D eigenvalue weighted by Crippen LogP contribution is 2.37. The van der Waals surface area contributed by atoms with Crippen molar-refractivity contribution in [1.29, 1.82) is 5.26 Å². The Hall–Kier alpha value is -3.32. The molecule has 11 heteroatoms. The average molecular weight is 547 g/mol. The molecule has 0 saturated carbocycles. The SMILES string of the molecule is CCOc1cc(/C=C(/C#N)C(=O)Nc2nnc(C(C)C)s2)cc(Cl)c1OCCOc1ccccc1Cl. The molecular weight excluding hydrogens is 523 g/mol. The van der Waals surface area contributed by atoms with Crippen LogP contribution in [-0.4, -0.2) is 35.9 Å². The van der Waals surface area contributed by atoms with Crippen LogP contribution in [0.15, 0.2) is 42.0 Å². The van der Waals surface area contributed by atoms with E-state index < -0.39 is 5.91 Å². The molecule has 1 amide bonds. The summed E-state index contributed by atoms with van der Waals surface area (Å²) in [6.45, 7) is 6.55. The lowest BCUT2D eigenvalue weighted by Gasteiger charge is -2.15. The first-order chi connectivity index (χ1) is 17.3. The zero-order valence-corrected chi connectivity index (χ0v) is 22.2. The Bertz CT molecular complexity index is 1290. The van der Waals surface area contributed by atoms with Gasteiger partial charge in [0.05, 0.1) is 16.7 Å². The van der Waals surface area contributed by atoms with Crippen molar-refractivity contribution in [3.8, 4) is 23.3 Å². The number of hydrogen-bond donors (Lipinski definition) is 1. The predicted octanol–water partition coefficient (Wildman–Crippen LogP) is 6.37. The molecule has 0 aliphatic carbocycles. The van der Waals surface area contributed by atoms with E-state index in [-0.39, 0.29) is 29.7 Å². The fourth-order valence-electron chi connectivity index (χ4n) is 2.93. The molecule has 0 fully saturated rings. The summed E-state index contributed by atoms with van der Waals surface area (Å²) in [5, 5.41) is 22.0. The minimum Gasteiger partial charge on any atom is -0.490 e. The second-order valence-electron chi connectivity index (χ2n) is 7.61. The number of benzene rings is 2. The number of rotatable bonds is 11. The molecule has 0 atom stereocenters. The Kier molecular flexibility index (Phi) is 9.94. The summed E-state index contributed by atoms with van der Waals surface area (Å²) in [6, 6.07) is 12.3. The van der Waals surface area contributed by atoms with Gasteiger partial charge in [0.1, 0.15) is 35.6 Å². The van der Waals surface area contributed by atoms with Crippen LogP contribution in [0.4, 0.5) is 5.13 Å². The highest BCUT2D eigenvalue weighted by molar-refractivity contribution is 7.15. The Labute approximate surface area is 223 Å². The van der Waals surface area contributed by atoms with E-state index in [4.69, 9.17) is 37.4 Å². The van der Waals surface area contributed by atoms with Gasteiger partial charge >= 0.3 is 0 Å². The van der Waals surface area contributed by atoms with Crippen molar-refractivity contribution in [3.05, 3.63) is 62.6 Å². The van der Waals surface area contributed by atoms with Gasteiger partial charge in [-0.25, -0.2) is 0 Å². The number of halogens is 2. The minimum absolute atomic E-state index is 0.128. The van der Waals surface area contributed by atoms with Crippen LogP contribution in [0, 0.1) is 11.3 Å².